The van der Waals surface area contributed by atoms with Crippen LogP contribution >= 0.6 is 0 Å². The number of rotatable bonds is 6. The van der Waals surface area contributed by atoms with Crippen LogP contribution in [0.1, 0.15) is 12.5 Å². The van der Waals surface area contributed by atoms with Gasteiger partial charge in [-0.05, 0) is 25.1 Å². The zero-order valence-electron chi connectivity index (χ0n) is 13.8. The fourth-order valence-corrected chi connectivity index (χ4v) is 3.40. The largest absolute Gasteiger partial charge is 0.271 e. The van der Waals surface area contributed by atoms with Crippen LogP contribution in [-0.2, 0) is 14.8 Å². The fourth-order valence-electron chi connectivity index (χ4n) is 2.22. The first-order valence-corrected chi connectivity index (χ1v) is 9.27. The van der Waals surface area contributed by atoms with Gasteiger partial charge in [-0.15, -0.1) is 0 Å². The van der Waals surface area contributed by atoms with Gasteiger partial charge in [0.25, 0.3) is 5.91 Å². The molecule has 0 bridgehead atoms. The van der Waals surface area contributed by atoms with Crippen LogP contribution in [0.5, 0.6) is 0 Å². The average Bonchev–Trinajstić information content (AvgIpc) is 2.56. The van der Waals surface area contributed by atoms with E-state index in [9.17, 15) is 17.6 Å². The summed E-state index contributed by atoms with van der Waals surface area (Å²) in [7, 11) is -3.69. The molecular formula is C17H18FN3O3S. The average molecular weight is 363 g/mol. The molecule has 0 aromatic heterocycles. The van der Waals surface area contributed by atoms with Crippen molar-refractivity contribution in [1.29, 1.82) is 0 Å². The lowest BCUT2D eigenvalue weighted by Gasteiger charge is -2.27. The summed E-state index contributed by atoms with van der Waals surface area (Å²) >= 11 is 0. The van der Waals surface area contributed by atoms with Gasteiger partial charge >= 0.3 is 0 Å². The Labute approximate surface area is 146 Å². The minimum atomic E-state index is -3.69. The number of halogens is 1. The van der Waals surface area contributed by atoms with Crippen molar-refractivity contribution < 1.29 is 17.6 Å². The molecule has 0 aliphatic carbocycles. The molecule has 1 amide bonds. The minimum absolute atomic E-state index is 0.207. The van der Waals surface area contributed by atoms with Crippen LogP contribution in [0.15, 0.2) is 59.7 Å². The summed E-state index contributed by atoms with van der Waals surface area (Å²) in [6.45, 7) is 1.45. The molecule has 25 heavy (non-hydrogen) atoms. The lowest BCUT2D eigenvalue weighted by atomic mass is 10.2. The van der Waals surface area contributed by atoms with Crippen LogP contribution in [0.2, 0.25) is 0 Å². The number of hydrazone groups is 1. The second-order valence-electron chi connectivity index (χ2n) is 5.33. The van der Waals surface area contributed by atoms with E-state index in [-0.39, 0.29) is 5.56 Å². The number of hydrogen-bond donors (Lipinski definition) is 1. The fraction of sp³-hybridized carbons (Fsp3) is 0.176. The molecule has 2 rings (SSSR count). The van der Waals surface area contributed by atoms with Gasteiger partial charge in [0.2, 0.25) is 10.0 Å². The van der Waals surface area contributed by atoms with Crippen molar-refractivity contribution in [2.45, 2.75) is 13.0 Å². The highest BCUT2D eigenvalue weighted by Gasteiger charge is 2.28. The summed E-state index contributed by atoms with van der Waals surface area (Å²) < 4.78 is 38.6. The smallest absolute Gasteiger partial charge is 0.263 e. The summed E-state index contributed by atoms with van der Waals surface area (Å²) in [4.78, 5) is 12.3. The highest BCUT2D eigenvalue weighted by Crippen LogP contribution is 2.20. The van der Waals surface area contributed by atoms with Crippen LogP contribution in [0.3, 0.4) is 0 Å². The highest BCUT2D eigenvalue weighted by molar-refractivity contribution is 7.92. The van der Waals surface area contributed by atoms with Crippen molar-refractivity contribution in [3.8, 4) is 0 Å². The normalized spacial score (nSPS) is 12.8. The molecule has 0 radical (unpaired) electrons. The van der Waals surface area contributed by atoms with Crippen molar-refractivity contribution in [3.05, 3.63) is 66.0 Å². The molecule has 2 aromatic carbocycles. The summed E-state index contributed by atoms with van der Waals surface area (Å²) in [6.07, 6.45) is 2.18. The van der Waals surface area contributed by atoms with E-state index in [4.69, 9.17) is 0 Å². The molecule has 0 fully saturated rings. The predicted octanol–water partition coefficient (Wildman–Crippen LogP) is 2.13. The van der Waals surface area contributed by atoms with Gasteiger partial charge in [-0.1, -0.05) is 36.4 Å². The summed E-state index contributed by atoms with van der Waals surface area (Å²) in [5, 5.41) is 3.70. The monoisotopic (exact) mass is 363 g/mol. The number of nitrogens with one attached hydrogen (secondary N) is 1. The second-order valence-corrected chi connectivity index (χ2v) is 7.19. The highest BCUT2D eigenvalue weighted by atomic mass is 32.2. The molecule has 6 nitrogen and oxygen atoms in total. The van der Waals surface area contributed by atoms with Gasteiger partial charge in [-0.25, -0.2) is 18.2 Å². The van der Waals surface area contributed by atoms with Crippen molar-refractivity contribution >= 4 is 27.8 Å². The molecule has 0 aliphatic rings. The topological polar surface area (TPSA) is 78.8 Å². The molecule has 8 heteroatoms. The van der Waals surface area contributed by atoms with Crippen molar-refractivity contribution in [2.75, 3.05) is 10.6 Å². The van der Waals surface area contributed by atoms with E-state index in [0.717, 1.165) is 16.8 Å². The SMILES string of the molecule is CC(C(=O)N/N=C/c1ccccc1F)N(c1ccccc1)S(C)(=O)=O. The first-order valence-electron chi connectivity index (χ1n) is 7.42. The molecule has 1 atom stereocenters. The number of amides is 1. The third-order valence-corrected chi connectivity index (χ3v) is 4.62. The first kappa shape index (κ1) is 18.6. The summed E-state index contributed by atoms with van der Waals surface area (Å²) in [6, 6.07) is 13.2. The maximum Gasteiger partial charge on any atom is 0.263 e. The van der Waals surface area contributed by atoms with E-state index >= 15 is 0 Å². The van der Waals surface area contributed by atoms with E-state index in [1.54, 1.807) is 36.4 Å². The van der Waals surface area contributed by atoms with Crippen LogP contribution in [-0.4, -0.2) is 32.8 Å². The van der Waals surface area contributed by atoms with Crippen LogP contribution < -0.4 is 9.73 Å². The standard InChI is InChI=1S/C17H18FN3O3S/c1-13(21(25(2,23)24)15-9-4-3-5-10-15)17(22)20-19-12-14-8-6-7-11-16(14)18/h3-13H,1-2H3,(H,20,22)/b19-12+. The number of hydrogen-bond acceptors (Lipinski definition) is 4. The number of para-hydroxylation sites is 1. The molecule has 0 saturated heterocycles. The van der Waals surface area contributed by atoms with E-state index in [1.165, 1.54) is 25.1 Å². The van der Waals surface area contributed by atoms with Gasteiger partial charge in [0, 0.05) is 5.56 Å². The van der Waals surface area contributed by atoms with Gasteiger partial charge in [0.1, 0.15) is 11.9 Å². The second kappa shape index (κ2) is 7.89. The number of benzene rings is 2. The molecule has 1 N–H and O–H groups in total. The van der Waals surface area contributed by atoms with Crippen LogP contribution in [0.25, 0.3) is 0 Å². The van der Waals surface area contributed by atoms with E-state index in [0.29, 0.717) is 5.69 Å². The Kier molecular flexibility index (Phi) is 5.87. The molecule has 2 aromatic rings. The summed E-state index contributed by atoms with van der Waals surface area (Å²) in [5.41, 5.74) is 2.81. The third kappa shape index (κ3) is 4.87. The molecule has 0 aliphatic heterocycles. The Morgan fingerprint density at radius 3 is 2.36 bits per heavy atom. The molecule has 1 unspecified atom stereocenters. The Morgan fingerprint density at radius 1 is 1.16 bits per heavy atom. The van der Waals surface area contributed by atoms with Crippen LogP contribution in [0, 0.1) is 5.82 Å². The molecule has 132 valence electrons. The Hall–Kier alpha value is -2.74. The zero-order chi connectivity index (χ0) is 18.4. The van der Waals surface area contributed by atoms with Gasteiger partial charge in [-0.3, -0.25) is 9.10 Å². The Balaban J connectivity index is 2.15. The minimum Gasteiger partial charge on any atom is -0.271 e. The van der Waals surface area contributed by atoms with E-state index in [2.05, 4.69) is 10.5 Å². The molecule has 0 heterocycles. The van der Waals surface area contributed by atoms with E-state index in [1.807, 2.05) is 0 Å². The van der Waals surface area contributed by atoms with Crippen molar-refractivity contribution in [2.24, 2.45) is 5.10 Å². The number of carbonyl (C=O) groups excluding carboxylic acids is 1. The van der Waals surface area contributed by atoms with Crippen molar-refractivity contribution in [1.82, 2.24) is 5.43 Å². The Bertz CT molecular complexity index is 870. The Morgan fingerprint density at radius 2 is 1.76 bits per heavy atom. The number of anilines is 1. The van der Waals surface area contributed by atoms with Gasteiger partial charge < -0.3 is 0 Å². The van der Waals surface area contributed by atoms with E-state index < -0.39 is 27.8 Å². The zero-order valence-corrected chi connectivity index (χ0v) is 14.6. The molecule has 0 saturated carbocycles. The van der Waals surface area contributed by atoms with Crippen LogP contribution in [0.4, 0.5) is 10.1 Å². The maximum atomic E-state index is 13.5. The van der Waals surface area contributed by atoms with Crippen molar-refractivity contribution in [3.63, 3.8) is 0 Å². The third-order valence-electron chi connectivity index (χ3n) is 3.38. The number of sulfonamides is 1. The first-order chi connectivity index (χ1) is 11.8. The van der Waals surface area contributed by atoms with Gasteiger partial charge in [-0.2, -0.15) is 5.10 Å². The number of nitrogens with zero attached hydrogens (tertiary/aromatic N) is 2. The van der Waals surface area contributed by atoms with Gasteiger partial charge in [0.15, 0.2) is 0 Å². The number of carbonyl (C=O) groups is 1. The lowest BCUT2D eigenvalue weighted by molar-refractivity contribution is -0.121. The lowest BCUT2D eigenvalue weighted by Crippen LogP contribution is -2.46. The predicted molar refractivity (Wildman–Crippen MR) is 95.4 cm³/mol. The van der Waals surface area contributed by atoms with Gasteiger partial charge in [0.05, 0.1) is 18.2 Å². The molecule has 0 spiro atoms. The quantitative estimate of drug-likeness (QED) is 0.631. The summed E-state index contributed by atoms with van der Waals surface area (Å²) in [5.74, 6) is -1.11. The maximum absolute atomic E-state index is 13.5. The molecular weight excluding hydrogens is 345 g/mol.